The van der Waals surface area contributed by atoms with Gasteiger partial charge in [-0.3, -0.25) is 0 Å². The van der Waals surface area contributed by atoms with Gasteiger partial charge in [0.15, 0.2) is 0 Å². The van der Waals surface area contributed by atoms with Gasteiger partial charge in [-0.15, -0.1) is 68.6 Å². The van der Waals surface area contributed by atoms with Crippen LogP contribution in [0, 0.1) is 28.7 Å². The predicted molar refractivity (Wildman–Crippen MR) is 238 cm³/mol. The van der Waals surface area contributed by atoms with E-state index in [9.17, 15) is 0 Å². The van der Waals surface area contributed by atoms with Crippen molar-refractivity contribution in [3.63, 3.8) is 0 Å². The van der Waals surface area contributed by atoms with Crippen molar-refractivity contribution in [3.05, 3.63) is 183 Å². The molecule has 0 heterocycles. The van der Waals surface area contributed by atoms with Gasteiger partial charge in [0, 0.05) is 0 Å². The average Bonchev–Trinajstić information content (AvgIpc) is 3.76. The SMILES string of the molecule is CC(C)(C)c1ccc(-c2cccc3[cH-]c(-c4ccc5ccccc5c4)cc23)cc1.Cc1cc2c(-c3ccc(C(C)(C)C)cc3)ccc(C)c2[cH-]1.[CH3-].[CH3-].[Si]=[Zr]. The molecule has 0 N–H and O–H groups in total. The quantitative estimate of drug-likeness (QED) is 0.123. The topological polar surface area (TPSA) is 0 Å². The third kappa shape index (κ3) is 9.22. The summed E-state index contributed by atoms with van der Waals surface area (Å²) in [5.41, 5.74) is 13.6. The molecule has 0 aliphatic carbocycles. The van der Waals surface area contributed by atoms with Crippen molar-refractivity contribution in [1.29, 1.82) is 0 Å². The molecule has 0 saturated carbocycles. The summed E-state index contributed by atoms with van der Waals surface area (Å²) in [5.74, 6) is 0. The first kappa shape index (κ1) is 42.6. The molecule has 0 fully saturated rings. The molecule has 54 heavy (non-hydrogen) atoms. The van der Waals surface area contributed by atoms with E-state index < -0.39 is 0 Å². The molecule has 0 aliphatic heterocycles. The van der Waals surface area contributed by atoms with Crippen LogP contribution < -0.4 is 0 Å². The molecule has 0 amide bonds. The van der Waals surface area contributed by atoms with Crippen LogP contribution in [-0.4, -0.2) is 6.88 Å². The summed E-state index contributed by atoms with van der Waals surface area (Å²) < 4.78 is 0. The molecule has 0 unspecified atom stereocenters. The molecule has 0 aromatic heterocycles. The van der Waals surface area contributed by atoms with Crippen LogP contribution in [0.1, 0.15) is 63.8 Å². The zero-order chi connectivity index (χ0) is 37.2. The summed E-state index contributed by atoms with van der Waals surface area (Å²) in [6.45, 7) is 21.0. The minimum atomic E-state index is 0. The van der Waals surface area contributed by atoms with Gasteiger partial charge in [-0.25, -0.2) is 0 Å². The van der Waals surface area contributed by atoms with Gasteiger partial charge in [0.05, 0.1) is 0 Å². The molecule has 2 heteroatoms. The van der Waals surface area contributed by atoms with E-state index in [4.69, 9.17) is 0 Å². The summed E-state index contributed by atoms with van der Waals surface area (Å²) in [6, 6.07) is 53.7. The number of benzene rings is 6. The van der Waals surface area contributed by atoms with Crippen LogP contribution in [-0.2, 0) is 34.2 Å². The molecule has 0 aliphatic rings. The van der Waals surface area contributed by atoms with Gasteiger partial charge >= 0.3 is 30.2 Å². The van der Waals surface area contributed by atoms with Gasteiger partial charge in [0.1, 0.15) is 0 Å². The van der Waals surface area contributed by atoms with Gasteiger partial charge in [-0.2, -0.15) is 6.07 Å². The Balaban J connectivity index is 0.000000232. The second kappa shape index (κ2) is 17.6. The Bertz CT molecular complexity index is 2460. The van der Waals surface area contributed by atoms with Crippen molar-refractivity contribution in [2.75, 3.05) is 0 Å². The molecule has 8 aromatic carbocycles. The number of aryl methyl sites for hydroxylation is 2. The Morgan fingerprint density at radius 1 is 0.481 bits per heavy atom. The molecule has 274 valence electrons. The zero-order valence-electron chi connectivity index (χ0n) is 33.9. The Kier molecular flexibility index (Phi) is 13.9. The second-order valence-corrected chi connectivity index (χ2v) is 16.1. The monoisotopic (exact) mass is 796 g/mol. The maximum atomic E-state index is 3.06. The van der Waals surface area contributed by atoms with Crippen LogP contribution >= 0.6 is 0 Å². The van der Waals surface area contributed by atoms with E-state index in [2.05, 4.69) is 208 Å². The van der Waals surface area contributed by atoms with E-state index in [0.717, 1.165) is 0 Å². The van der Waals surface area contributed by atoms with Gasteiger partial charge in [0.25, 0.3) is 0 Å². The van der Waals surface area contributed by atoms with Crippen LogP contribution in [0.2, 0.25) is 0 Å². The Morgan fingerprint density at radius 3 is 1.59 bits per heavy atom. The Morgan fingerprint density at radius 2 is 1.02 bits per heavy atom. The van der Waals surface area contributed by atoms with Crippen molar-refractivity contribution >= 4 is 39.2 Å². The van der Waals surface area contributed by atoms with E-state index in [0.29, 0.717) is 0 Å². The molecular weight excluding hydrogens is 744 g/mol. The van der Waals surface area contributed by atoms with E-state index in [1.807, 2.05) is 0 Å². The number of hydrogen-bond donors (Lipinski definition) is 0. The number of rotatable bonds is 3. The predicted octanol–water partition coefficient (Wildman–Crippen LogP) is 15.0. The summed E-state index contributed by atoms with van der Waals surface area (Å²) in [4.78, 5) is 0. The summed E-state index contributed by atoms with van der Waals surface area (Å²) >= 11 is 1.36. The van der Waals surface area contributed by atoms with Crippen LogP contribution in [0.3, 0.4) is 0 Å². The molecule has 0 bridgehead atoms. The van der Waals surface area contributed by atoms with Crippen molar-refractivity contribution in [1.82, 2.24) is 0 Å². The van der Waals surface area contributed by atoms with E-state index in [-0.39, 0.29) is 25.7 Å². The summed E-state index contributed by atoms with van der Waals surface area (Å²) in [5, 5.41) is 7.94. The third-order valence-electron chi connectivity index (χ3n) is 10.2. The summed E-state index contributed by atoms with van der Waals surface area (Å²) in [7, 11) is 0. The zero-order valence-corrected chi connectivity index (χ0v) is 37.3. The number of hydrogen-bond acceptors (Lipinski definition) is 0. The average molecular weight is 798 g/mol. The van der Waals surface area contributed by atoms with Crippen LogP contribution in [0.4, 0.5) is 0 Å². The fraction of sp³-hybridized carbons (Fsp3) is 0.192. The molecule has 8 rings (SSSR count). The van der Waals surface area contributed by atoms with Crippen LogP contribution in [0.25, 0.3) is 65.7 Å². The van der Waals surface area contributed by atoms with Crippen molar-refractivity contribution in [2.24, 2.45) is 0 Å². The van der Waals surface area contributed by atoms with Gasteiger partial charge in [-0.05, 0) is 43.9 Å². The Hall–Kier alpha value is -4.10. The van der Waals surface area contributed by atoms with Gasteiger partial charge in [-0.1, -0.05) is 181 Å². The van der Waals surface area contributed by atoms with E-state index in [1.165, 1.54) is 111 Å². The van der Waals surface area contributed by atoms with Crippen molar-refractivity contribution < 1.29 is 23.3 Å². The van der Waals surface area contributed by atoms with Crippen LogP contribution in [0.5, 0.6) is 0 Å². The first-order chi connectivity index (χ1) is 24.8. The first-order valence-electron chi connectivity index (χ1n) is 18.2. The fourth-order valence-corrected chi connectivity index (χ4v) is 7.16. The molecule has 0 spiro atoms. The van der Waals surface area contributed by atoms with Gasteiger partial charge < -0.3 is 14.9 Å². The van der Waals surface area contributed by atoms with E-state index in [1.54, 1.807) is 0 Å². The molecule has 8 aromatic rings. The molecule has 0 atom stereocenters. The van der Waals surface area contributed by atoms with Crippen molar-refractivity contribution in [3.8, 4) is 33.4 Å². The Labute approximate surface area is 342 Å². The van der Waals surface area contributed by atoms with Crippen LogP contribution in [0.15, 0.2) is 146 Å². The maximum absolute atomic E-state index is 3.06. The first-order valence-corrected chi connectivity index (χ1v) is 22.4. The molecule has 0 nitrogen and oxygen atoms in total. The second-order valence-electron chi connectivity index (χ2n) is 16.1. The summed E-state index contributed by atoms with van der Waals surface area (Å²) in [6.07, 6.45) is 0. The fourth-order valence-electron chi connectivity index (χ4n) is 7.16. The number of fused-ring (bicyclic) bond motifs is 3. The van der Waals surface area contributed by atoms with E-state index >= 15 is 0 Å². The third-order valence-corrected chi connectivity index (χ3v) is 10.2. The molecular formula is C52H54SiZr-4. The van der Waals surface area contributed by atoms with Gasteiger partial charge in [0.2, 0.25) is 0 Å². The molecule has 2 radical (unpaired) electrons. The molecule has 0 saturated heterocycles. The normalized spacial score (nSPS) is 11.2. The standard InChI is InChI=1S/C29H25.C21H23.2CH3.Si.Zr/c1-29(2,3)26-15-13-21(14-16-26)27-10-6-9-24-18-25(19-28(24)27)23-12-11-20-7-4-5-8-22(20)17-23;1-14-12-19-15(2)6-11-18(20(19)13-14)16-7-9-17(10-8-16)21(3,4)5;;;;/h4-19H,1-3H3;6-13H,1-5H3;2*1H3;;/q4*-1;;. The minimum absolute atomic E-state index is 0. The van der Waals surface area contributed by atoms with Crippen molar-refractivity contribution in [2.45, 2.75) is 66.2 Å².